The molecular formula is C15H28N2O3. The SMILES string of the molecule is CC(C)C(CCNC(=O)CC(N)C1CC1)CCC(=O)O. The van der Waals surface area contributed by atoms with Crippen LogP contribution in [0.15, 0.2) is 0 Å². The molecule has 5 nitrogen and oxygen atoms in total. The van der Waals surface area contributed by atoms with Gasteiger partial charge in [-0.15, -0.1) is 0 Å². The minimum Gasteiger partial charge on any atom is -0.481 e. The van der Waals surface area contributed by atoms with Crippen LogP contribution in [0.25, 0.3) is 0 Å². The van der Waals surface area contributed by atoms with Gasteiger partial charge in [0.2, 0.25) is 5.91 Å². The zero-order valence-electron chi connectivity index (χ0n) is 12.6. The van der Waals surface area contributed by atoms with Crippen LogP contribution in [0.4, 0.5) is 0 Å². The molecule has 4 N–H and O–H groups in total. The molecule has 0 bridgehead atoms. The Kier molecular flexibility index (Phi) is 6.99. The van der Waals surface area contributed by atoms with Gasteiger partial charge in [-0.2, -0.15) is 0 Å². The first-order valence-electron chi connectivity index (χ1n) is 7.64. The van der Waals surface area contributed by atoms with Gasteiger partial charge in [0, 0.05) is 25.4 Å². The lowest BCUT2D eigenvalue weighted by atomic mass is 9.88. The van der Waals surface area contributed by atoms with Crippen molar-refractivity contribution in [3.63, 3.8) is 0 Å². The van der Waals surface area contributed by atoms with Gasteiger partial charge >= 0.3 is 5.97 Å². The highest BCUT2D eigenvalue weighted by Gasteiger charge is 2.29. The molecule has 1 aliphatic rings. The van der Waals surface area contributed by atoms with Gasteiger partial charge in [-0.3, -0.25) is 9.59 Å². The maximum Gasteiger partial charge on any atom is 0.303 e. The minimum absolute atomic E-state index is 0.00269. The molecule has 0 radical (unpaired) electrons. The Hall–Kier alpha value is -1.10. The van der Waals surface area contributed by atoms with Crippen LogP contribution in [0.1, 0.15) is 52.4 Å². The van der Waals surface area contributed by atoms with Crippen LogP contribution in [0, 0.1) is 17.8 Å². The maximum atomic E-state index is 11.7. The summed E-state index contributed by atoms with van der Waals surface area (Å²) in [5.41, 5.74) is 5.91. The first-order chi connectivity index (χ1) is 9.40. The zero-order valence-corrected chi connectivity index (χ0v) is 12.6. The number of hydrogen-bond acceptors (Lipinski definition) is 3. The third-order valence-electron chi connectivity index (χ3n) is 4.16. The summed E-state index contributed by atoms with van der Waals surface area (Å²) in [5, 5.41) is 11.6. The highest BCUT2D eigenvalue weighted by atomic mass is 16.4. The van der Waals surface area contributed by atoms with E-state index in [9.17, 15) is 9.59 Å². The second-order valence-corrected chi connectivity index (χ2v) is 6.28. The number of aliphatic carboxylic acids is 1. The van der Waals surface area contributed by atoms with Crippen molar-refractivity contribution in [3.8, 4) is 0 Å². The second kappa shape index (κ2) is 8.25. The highest BCUT2D eigenvalue weighted by molar-refractivity contribution is 5.76. The van der Waals surface area contributed by atoms with Crippen molar-refractivity contribution in [2.24, 2.45) is 23.5 Å². The quantitative estimate of drug-likeness (QED) is 0.570. The third kappa shape index (κ3) is 6.89. The monoisotopic (exact) mass is 284 g/mol. The van der Waals surface area contributed by atoms with Crippen molar-refractivity contribution in [1.82, 2.24) is 5.32 Å². The van der Waals surface area contributed by atoms with E-state index in [0.717, 1.165) is 19.3 Å². The molecule has 1 rings (SSSR count). The van der Waals surface area contributed by atoms with Crippen LogP contribution in [-0.4, -0.2) is 29.6 Å². The number of amides is 1. The van der Waals surface area contributed by atoms with Crippen LogP contribution in [0.2, 0.25) is 0 Å². The Labute approximate surface area is 121 Å². The Balaban J connectivity index is 2.18. The second-order valence-electron chi connectivity index (χ2n) is 6.28. The van der Waals surface area contributed by atoms with E-state index in [0.29, 0.717) is 37.1 Å². The molecule has 2 atom stereocenters. The number of rotatable bonds is 10. The fourth-order valence-electron chi connectivity index (χ4n) is 2.49. The summed E-state index contributed by atoms with van der Waals surface area (Å²) in [6.45, 7) is 4.80. The molecule has 2 unspecified atom stereocenters. The van der Waals surface area contributed by atoms with E-state index in [4.69, 9.17) is 10.8 Å². The van der Waals surface area contributed by atoms with Crippen LogP contribution < -0.4 is 11.1 Å². The lowest BCUT2D eigenvalue weighted by Gasteiger charge is -2.20. The minimum atomic E-state index is -0.755. The number of nitrogens with two attached hydrogens (primary N) is 1. The predicted octanol–water partition coefficient (Wildman–Crippen LogP) is 1.76. The number of carboxylic acid groups (broad SMARTS) is 1. The van der Waals surface area contributed by atoms with Crippen molar-refractivity contribution in [3.05, 3.63) is 0 Å². The predicted molar refractivity (Wildman–Crippen MR) is 78.1 cm³/mol. The van der Waals surface area contributed by atoms with E-state index in [-0.39, 0.29) is 18.4 Å². The summed E-state index contributed by atoms with van der Waals surface area (Å²) in [7, 11) is 0. The summed E-state index contributed by atoms with van der Waals surface area (Å²) >= 11 is 0. The molecule has 116 valence electrons. The zero-order chi connectivity index (χ0) is 15.1. The van der Waals surface area contributed by atoms with E-state index in [1.54, 1.807) is 0 Å². The average Bonchev–Trinajstić information content (AvgIpc) is 3.16. The lowest BCUT2D eigenvalue weighted by molar-refractivity contribution is -0.137. The fraction of sp³-hybridized carbons (Fsp3) is 0.867. The molecule has 1 saturated carbocycles. The fourth-order valence-corrected chi connectivity index (χ4v) is 2.49. The molecule has 1 fully saturated rings. The molecule has 0 spiro atoms. The van der Waals surface area contributed by atoms with E-state index >= 15 is 0 Å². The van der Waals surface area contributed by atoms with Gasteiger partial charge in [-0.25, -0.2) is 0 Å². The van der Waals surface area contributed by atoms with Gasteiger partial charge in [-0.05, 0) is 43.4 Å². The van der Waals surface area contributed by atoms with Crippen LogP contribution in [0.3, 0.4) is 0 Å². The van der Waals surface area contributed by atoms with Gasteiger partial charge in [0.25, 0.3) is 0 Å². The summed E-state index contributed by atoms with van der Waals surface area (Å²) in [6.07, 6.45) is 4.41. The Bertz CT molecular complexity index is 327. The van der Waals surface area contributed by atoms with Gasteiger partial charge in [0.15, 0.2) is 0 Å². The molecule has 0 aromatic rings. The van der Waals surface area contributed by atoms with Crippen molar-refractivity contribution in [1.29, 1.82) is 0 Å². The van der Waals surface area contributed by atoms with Crippen molar-refractivity contribution < 1.29 is 14.7 Å². The number of nitrogens with one attached hydrogen (secondary N) is 1. The average molecular weight is 284 g/mol. The van der Waals surface area contributed by atoms with Crippen LogP contribution >= 0.6 is 0 Å². The van der Waals surface area contributed by atoms with Crippen molar-refractivity contribution >= 4 is 11.9 Å². The molecule has 0 heterocycles. The first-order valence-corrected chi connectivity index (χ1v) is 7.64. The molecule has 0 aromatic carbocycles. The van der Waals surface area contributed by atoms with Crippen LogP contribution in [0.5, 0.6) is 0 Å². The molecule has 1 amide bonds. The van der Waals surface area contributed by atoms with Gasteiger partial charge in [-0.1, -0.05) is 13.8 Å². The summed E-state index contributed by atoms with van der Waals surface area (Å²) in [5.74, 6) is 0.573. The summed E-state index contributed by atoms with van der Waals surface area (Å²) in [6, 6.07) is 0.00269. The first kappa shape index (κ1) is 17.0. The number of carbonyl (C=O) groups excluding carboxylic acids is 1. The van der Waals surface area contributed by atoms with Gasteiger partial charge < -0.3 is 16.2 Å². The normalized spacial score (nSPS) is 17.8. The topological polar surface area (TPSA) is 92.4 Å². The Morgan fingerprint density at radius 1 is 1.30 bits per heavy atom. The van der Waals surface area contributed by atoms with Crippen molar-refractivity contribution in [2.75, 3.05) is 6.54 Å². The van der Waals surface area contributed by atoms with Gasteiger partial charge in [0.05, 0.1) is 0 Å². The maximum absolute atomic E-state index is 11.7. The van der Waals surface area contributed by atoms with E-state index in [1.807, 2.05) is 0 Å². The standard InChI is InChI=1S/C15H28N2O3/c1-10(2)11(5-6-15(19)20)7-8-17-14(18)9-13(16)12-3-4-12/h10-13H,3-9,16H2,1-2H3,(H,17,18)(H,19,20). The summed E-state index contributed by atoms with van der Waals surface area (Å²) in [4.78, 5) is 22.3. The van der Waals surface area contributed by atoms with Crippen LogP contribution in [-0.2, 0) is 9.59 Å². The molecule has 0 saturated heterocycles. The van der Waals surface area contributed by atoms with Crippen molar-refractivity contribution in [2.45, 2.75) is 58.4 Å². The molecule has 5 heteroatoms. The lowest BCUT2D eigenvalue weighted by Crippen LogP contribution is -2.34. The van der Waals surface area contributed by atoms with E-state index < -0.39 is 5.97 Å². The largest absolute Gasteiger partial charge is 0.481 e. The Morgan fingerprint density at radius 3 is 2.45 bits per heavy atom. The molecule has 0 aromatic heterocycles. The molecular weight excluding hydrogens is 256 g/mol. The third-order valence-corrected chi connectivity index (χ3v) is 4.16. The molecule has 1 aliphatic carbocycles. The van der Waals surface area contributed by atoms with E-state index in [1.165, 1.54) is 0 Å². The summed E-state index contributed by atoms with van der Waals surface area (Å²) < 4.78 is 0. The van der Waals surface area contributed by atoms with Gasteiger partial charge in [0.1, 0.15) is 0 Å². The molecule has 20 heavy (non-hydrogen) atoms. The smallest absolute Gasteiger partial charge is 0.303 e. The number of carbonyl (C=O) groups is 2. The number of carboxylic acids is 1. The van der Waals surface area contributed by atoms with E-state index in [2.05, 4.69) is 19.2 Å². The molecule has 0 aliphatic heterocycles. The Morgan fingerprint density at radius 2 is 1.95 bits per heavy atom. The number of hydrogen-bond donors (Lipinski definition) is 3. The highest BCUT2D eigenvalue weighted by Crippen LogP contribution is 2.32.